The average molecular weight is 272 g/mol. The summed E-state index contributed by atoms with van der Waals surface area (Å²) < 4.78 is 20.0. The van der Waals surface area contributed by atoms with Gasteiger partial charge in [-0.25, -0.2) is 4.39 Å². The summed E-state index contributed by atoms with van der Waals surface area (Å²) in [7, 11) is 0. The van der Waals surface area contributed by atoms with Gasteiger partial charge in [0.25, 0.3) is 0 Å². The second kappa shape index (κ2) is 5.02. The van der Waals surface area contributed by atoms with Crippen LogP contribution in [-0.4, -0.2) is 0 Å². The van der Waals surface area contributed by atoms with Crippen molar-refractivity contribution in [2.75, 3.05) is 0 Å². The number of thiophene rings is 1. The van der Waals surface area contributed by atoms with Gasteiger partial charge in [0, 0.05) is 10.9 Å². The summed E-state index contributed by atoms with van der Waals surface area (Å²) in [6, 6.07) is 13.1. The van der Waals surface area contributed by atoms with E-state index in [0.29, 0.717) is 11.3 Å². The van der Waals surface area contributed by atoms with Crippen LogP contribution in [0.1, 0.15) is 11.1 Å². The van der Waals surface area contributed by atoms with Crippen LogP contribution in [0.5, 0.6) is 5.75 Å². The third-order valence-corrected chi connectivity index (χ3v) is 4.10. The van der Waals surface area contributed by atoms with Crippen molar-refractivity contribution in [3.63, 3.8) is 0 Å². The minimum Gasteiger partial charge on any atom is -0.489 e. The zero-order valence-electron chi connectivity index (χ0n) is 10.5. The van der Waals surface area contributed by atoms with E-state index in [2.05, 4.69) is 0 Å². The molecular formula is C16H13FOS. The molecule has 0 N–H and O–H groups in total. The molecule has 3 aromatic rings. The van der Waals surface area contributed by atoms with Crippen molar-refractivity contribution in [1.82, 2.24) is 0 Å². The van der Waals surface area contributed by atoms with Gasteiger partial charge in [-0.2, -0.15) is 0 Å². The van der Waals surface area contributed by atoms with Gasteiger partial charge in [-0.05, 0) is 30.5 Å². The summed E-state index contributed by atoms with van der Waals surface area (Å²) in [6.45, 7) is 2.51. The van der Waals surface area contributed by atoms with Gasteiger partial charge in [-0.15, -0.1) is 11.3 Å². The van der Waals surface area contributed by atoms with E-state index in [1.165, 1.54) is 23.0 Å². The summed E-state index contributed by atoms with van der Waals surface area (Å²) in [4.78, 5) is 0. The van der Waals surface area contributed by atoms with E-state index >= 15 is 0 Å². The van der Waals surface area contributed by atoms with Crippen molar-refractivity contribution in [3.05, 3.63) is 64.8 Å². The number of benzene rings is 2. The van der Waals surface area contributed by atoms with Crippen LogP contribution in [0.25, 0.3) is 10.1 Å². The summed E-state index contributed by atoms with van der Waals surface area (Å²) >= 11 is 1.42. The van der Waals surface area contributed by atoms with Gasteiger partial charge in [-0.3, -0.25) is 0 Å². The lowest BCUT2D eigenvalue weighted by atomic mass is 10.2. The number of hydrogen-bond donors (Lipinski definition) is 0. The molecule has 0 fully saturated rings. The van der Waals surface area contributed by atoms with Crippen LogP contribution >= 0.6 is 11.3 Å². The van der Waals surface area contributed by atoms with Gasteiger partial charge >= 0.3 is 0 Å². The zero-order chi connectivity index (χ0) is 13.2. The van der Waals surface area contributed by atoms with Crippen LogP contribution in [0, 0.1) is 12.7 Å². The lowest BCUT2D eigenvalue weighted by Crippen LogP contribution is -1.94. The lowest BCUT2D eigenvalue weighted by molar-refractivity contribution is 0.308. The van der Waals surface area contributed by atoms with E-state index in [0.717, 1.165) is 16.7 Å². The summed E-state index contributed by atoms with van der Waals surface area (Å²) in [5.41, 5.74) is 2.23. The predicted octanol–water partition coefficient (Wildman–Crippen LogP) is 4.93. The van der Waals surface area contributed by atoms with Crippen LogP contribution in [0.2, 0.25) is 0 Å². The highest BCUT2D eigenvalue weighted by Gasteiger charge is 2.08. The highest BCUT2D eigenvalue weighted by Crippen LogP contribution is 2.29. The number of fused-ring (bicyclic) bond motifs is 1. The van der Waals surface area contributed by atoms with Crippen LogP contribution < -0.4 is 4.74 Å². The first kappa shape index (κ1) is 12.2. The number of ether oxygens (including phenoxy) is 1. The van der Waals surface area contributed by atoms with Crippen LogP contribution in [0.4, 0.5) is 4.39 Å². The Morgan fingerprint density at radius 1 is 1.11 bits per heavy atom. The molecule has 0 saturated heterocycles. The van der Waals surface area contributed by atoms with Crippen LogP contribution in [0.15, 0.2) is 47.8 Å². The molecule has 3 rings (SSSR count). The quantitative estimate of drug-likeness (QED) is 0.657. The molecule has 1 aromatic heterocycles. The molecule has 0 aliphatic carbocycles. The highest BCUT2D eigenvalue weighted by atomic mass is 32.1. The third-order valence-electron chi connectivity index (χ3n) is 3.05. The molecule has 3 heteroatoms. The molecule has 2 aromatic carbocycles. The van der Waals surface area contributed by atoms with Crippen molar-refractivity contribution < 1.29 is 9.13 Å². The normalized spacial score (nSPS) is 10.8. The maximum atomic E-state index is 13.6. The fourth-order valence-electron chi connectivity index (χ4n) is 1.98. The average Bonchev–Trinajstić information content (AvgIpc) is 2.83. The van der Waals surface area contributed by atoms with Crippen LogP contribution in [0.3, 0.4) is 0 Å². The maximum absolute atomic E-state index is 13.6. The first-order valence-corrected chi connectivity index (χ1v) is 6.96. The van der Waals surface area contributed by atoms with Crippen molar-refractivity contribution >= 4 is 21.4 Å². The Kier molecular flexibility index (Phi) is 3.22. The number of hydrogen-bond acceptors (Lipinski definition) is 2. The molecular weight excluding hydrogens is 259 g/mol. The highest BCUT2D eigenvalue weighted by molar-refractivity contribution is 7.17. The Morgan fingerprint density at radius 2 is 1.89 bits per heavy atom. The summed E-state index contributed by atoms with van der Waals surface area (Å²) in [6.07, 6.45) is 0. The van der Waals surface area contributed by atoms with Gasteiger partial charge in [0.15, 0.2) is 0 Å². The van der Waals surface area contributed by atoms with Gasteiger partial charge in [-0.1, -0.05) is 29.8 Å². The van der Waals surface area contributed by atoms with Gasteiger partial charge in [0.05, 0.1) is 4.70 Å². The van der Waals surface area contributed by atoms with E-state index in [4.69, 9.17) is 4.74 Å². The van der Waals surface area contributed by atoms with E-state index < -0.39 is 0 Å². The first-order valence-electron chi connectivity index (χ1n) is 6.08. The standard InChI is InChI=1S/C16H13FOS/c1-11-5-7-13(8-6-11)18-9-12-10-19-16-14(12)3-2-4-15(16)17/h2-8,10H,9H2,1H3. The van der Waals surface area contributed by atoms with Crippen molar-refractivity contribution in [1.29, 1.82) is 0 Å². The first-order chi connectivity index (χ1) is 9.24. The van der Waals surface area contributed by atoms with E-state index in [9.17, 15) is 4.39 Å². The summed E-state index contributed by atoms with van der Waals surface area (Å²) in [5.74, 6) is 0.672. The Bertz CT molecular complexity index is 700. The predicted molar refractivity (Wildman–Crippen MR) is 77.3 cm³/mol. The van der Waals surface area contributed by atoms with E-state index in [-0.39, 0.29) is 5.82 Å². The topological polar surface area (TPSA) is 9.23 Å². The molecule has 0 radical (unpaired) electrons. The number of aryl methyl sites for hydroxylation is 1. The molecule has 19 heavy (non-hydrogen) atoms. The van der Waals surface area contributed by atoms with Crippen LogP contribution in [-0.2, 0) is 6.61 Å². The van der Waals surface area contributed by atoms with Crippen molar-refractivity contribution in [2.45, 2.75) is 13.5 Å². The second-order valence-corrected chi connectivity index (χ2v) is 5.36. The molecule has 0 spiro atoms. The van der Waals surface area contributed by atoms with Crippen molar-refractivity contribution in [3.8, 4) is 5.75 Å². The molecule has 0 amide bonds. The number of rotatable bonds is 3. The largest absolute Gasteiger partial charge is 0.489 e. The molecule has 96 valence electrons. The molecule has 0 aliphatic rings. The minimum absolute atomic E-state index is 0.163. The lowest BCUT2D eigenvalue weighted by Gasteiger charge is -2.05. The number of halogens is 1. The van der Waals surface area contributed by atoms with Gasteiger partial charge in [0.1, 0.15) is 18.2 Å². The van der Waals surface area contributed by atoms with E-state index in [1.807, 2.05) is 42.6 Å². The Labute approximate surface area is 115 Å². The second-order valence-electron chi connectivity index (χ2n) is 4.48. The molecule has 0 aliphatic heterocycles. The molecule has 1 nitrogen and oxygen atoms in total. The zero-order valence-corrected chi connectivity index (χ0v) is 11.3. The smallest absolute Gasteiger partial charge is 0.140 e. The monoisotopic (exact) mass is 272 g/mol. The fourth-order valence-corrected chi connectivity index (χ4v) is 2.94. The Hall–Kier alpha value is -1.87. The minimum atomic E-state index is -0.163. The third kappa shape index (κ3) is 2.47. The molecule has 0 atom stereocenters. The SMILES string of the molecule is Cc1ccc(OCc2csc3c(F)cccc23)cc1. The molecule has 0 bridgehead atoms. The Balaban J connectivity index is 1.82. The van der Waals surface area contributed by atoms with Gasteiger partial charge < -0.3 is 4.74 Å². The van der Waals surface area contributed by atoms with Crippen molar-refractivity contribution in [2.24, 2.45) is 0 Å². The summed E-state index contributed by atoms with van der Waals surface area (Å²) in [5, 5.41) is 2.90. The molecule has 1 heterocycles. The van der Waals surface area contributed by atoms with E-state index in [1.54, 1.807) is 6.07 Å². The van der Waals surface area contributed by atoms with Gasteiger partial charge in [0.2, 0.25) is 0 Å². The molecule has 0 saturated carbocycles. The maximum Gasteiger partial charge on any atom is 0.140 e. The molecule has 0 unspecified atom stereocenters. The fraction of sp³-hybridized carbons (Fsp3) is 0.125. The Morgan fingerprint density at radius 3 is 2.68 bits per heavy atom.